The lowest BCUT2D eigenvalue weighted by atomic mass is 10.1. The summed E-state index contributed by atoms with van der Waals surface area (Å²) in [6, 6.07) is 9.85. The number of hydrogen-bond acceptors (Lipinski definition) is 3. The molecule has 0 radical (unpaired) electrons. The van der Waals surface area contributed by atoms with Crippen LogP contribution in [0.3, 0.4) is 0 Å². The molecule has 0 amide bonds. The lowest BCUT2D eigenvalue weighted by Crippen LogP contribution is -2.18. The highest BCUT2D eigenvalue weighted by Gasteiger charge is 2.07. The highest BCUT2D eigenvalue weighted by Crippen LogP contribution is 2.25. The molecule has 2 rings (SSSR count). The van der Waals surface area contributed by atoms with Crippen LogP contribution in [0.25, 0.3) is 0 Å². The Morgan fingerprint density at radius 3 is 2.89 bits per heavy atom. The molecule has 0 saturated carbocycles. The number of thiophene rings is 1. The van der Waals surface area contributed by atoms with Crippen LogP contribution in [0.15, 0.2) is 35.7 Å². The molecule has 4 heteroatoms. The van der Waals surface area contributed by atoms with Crippen LogP contribution in [0.5, 0.6) is 5.75 Å². The van der Waals surface area contributed by atoms with Gasteiger partial charge in [0, 0.05) is 15.9 Å². The number of ether oxygens (including phenoxy) is 1. The van der Waals surface area contributed by atoms with E-state index in [1.165, 1.54) is 4.88 Å². The van der Waals surface area contributed by atoms with Gasteiger partial charge in [0.15, 0.2) is 0 Å². The summed E-state index contributed by atoms with van der Waals surface area (Å²) in [5, 5.41) is 2.76. The molecule has 0 bridgehead atoms. The first-order valence-corrected chi connectivity index (χ1v) is 7.10. The molecule has 0 spiro atoms. The molecule has 2 nitrogen and oxygen atoms in total. The van der Waals surface area contributed by atoms with Gasteiger partial charge in [0.25, 0.3) is 0 Å². The lowest BCUT2D eigenvalue weighted by molar-refractivity contribution is 0.306. The van der Waals surface area contributed by atoms with Gasteiger partial charge in [0.1, 0.15) is 12.4 Å². The summed E-state index contributed by atoms with van der Waals surface area (Å²) in [4.78, 5) is 1.21. The van der Waals surface area contributed by atoms with Crippen molar-refractivity contribution in [2.24, 2.45) is 5.73 Å². The summed E-state index contributed by atoms with van der Waals surface area (Å²) >= 11 is 7.70. The van der Waals surface area contributed by atoms with Gasteiger partial charge in [-0.1, -0.05) is 17.7 Å². The Balaban J connectivity index is 2.10. The van der Waals surface area contributed by atoms with Crippen LogP contribution in [-0.2, 0) is 13.0 Å². The van der Waals surface area contributed by atoms with Crippen molar-refractivity contribution >= 4 is 22.9 Å². The van der Waals surface area contributed by atoms with E-state index < -0.39 is 0 Å². The molecular formula is C14H16ClNOS. The van der Waals surface area contributed by atoms with Crippen molar-refractivity contribution in [2.45, 2.75) is 26.0 Å². The fourth-order valence-corrected chi connectivity index (χ4v) is 2.55. The number of halogens is 1. The van der Waals surface area contributed by atoms with Crippen molar-refractivity contribution in [3.8, 4) is 5.75 Å². The molecule has 18 heavy (non-hydrogen) atoms. The molecule has 0 fully saturated rings. The topological polar surface area (TPSA) is 35.2 Å². The first kappa shape index (κ1) is 13.4. The molecule has 1 unspecified atom stereocenters. The second-order valence-corrected chi connectivity index (χ2v) is 5.77. The zero-order chi connectivity index (χ0) is 13.0. The van der Waals surface area contributed by atoms with E-state index in [0.29, 0.717) is 11.6 Å². The van der Waals surface area contributed by atoms with E-state index in [4.69, 9.17) is 22.1 Å². The lowest BCUT2D eigenvalue weighted by Gasteiger charge is -2.13. The van der Waals surface area contributed by atoms with Crippen molar-refractivity contribution in [1.82, 2.24) is 0 Å². The second-order valence-electron chi connectivity index (χ2n) is 4.30. The summed E-state index contributed by atoms with van der Waals surface area (Å²) < 4.78 is 5.83. The van der Waals surface area contributed by atoms with Crippen molar-refractivity contribution < 1.29 is 4.74 Å². The Morgan fingerprint density at radius 2 is 2.22 bits per heavy atom. The molecule has 0 aliphatic rings. The predicted octanol–water partition coefficient (Wildman–Crippen LogP) is 3.87. The van der Waals surface area contributed by atoms with Crippen molar-refractivity contribution in [3.63, 3.8) is 0 Å². The zero-order valence-electron chi connectivity index (χ0n) is 10.2. The van der Waals surface area contributed by atoms with Crippen LogP contribution in [-0.4, -0.2) is 6.04 Å². The van der Waals surface area contributed by atoms with Gasteiger partial charge in [-0.2, -0.15) is 0 Å². The average Bonchev–Trinajstić information content (AvgIpc) is 2.80. The summed E-state index contributed by atoms with van der Waals surface area (Å²) in [6.45, 7) is 2.56. The Labute approximate surface area is 116 Å². The Kier molecular flexibility index (Phi) is 4.64. The van der Waals surface area contributed by atoms with E-state index in [-0.39, 0.29) is 6.04 Å². The van der Waals surface area contributed by atoms with E-state index in [1.54, 1.807) is 11.3 Å². The first-order valence-electron chi connectivity index (χ1n) is 5.84. The molecule has 0 aliphatic carbocycles. The van der Waals surface area contributed by atoms with Crippen molar-refractivity contribution in [3.05, 3.63) is 51.2 Å². The average molecular weight is 282 g/mol. The summed E-state index contributed by atoms with van der Waals surface area (Å²) in [6.07, 6.45) is 0.764. The predicted molar refractivity (Wildman–Crippen MR) is 77.5 cm³/mol. The summed E-state index contributed by atoms with van der Waals surface area (Å²) in [5.74, 6) is 0.866. The van der Waals surface area contributed by atoms with Gasteiger partial charge in [-0.25, -0.2) is 0 Å². The first-order chi connectivity index (χ1) is 8.65. The number of nitrogens with two attached hydrogens (primary N) is 1. The standard InChI is InChI=1S/C14H16ClNOS/c1-10(16)7-11-8-12(15)4-5-14(11)17-9-13-3-2-6-18-13/h2-6,8,10H,7,9,16H2,1H3. The maximum absolute atomic E-state index is 6.01. The summed E-state index contributed by atoms with van der Waals surface area (Å²) in [5.41, 5.74) is 6.90. The minimum Gasteiger partial charge on any atom is -0.488 e. The molecule has 0 saturated heterocycles. The highest BCUT2D eigenvalue weighted by atomic mass is 35.5. The Hall–Kier alpha value is -1.03. The van der Waals surface area contributed by atoms with Gasteiger partial charge in [0.2, 0.25) is 0 Å². The van der Waals surface area contributed by atoms with E-state index >= 15 is 0 Å². The Bertz CT molecular complexity index is 497. The van der Waals surface area contributed by atoms with Crippen LogP contribution < -0.4 is 10.5 Å². The molecule has 2 aromatic rings. The Morgan fingerprint density at radius 1 is 1.39 bits per heavy atom. The number of benzene rings is 1. The van der Waals surface area contributed by atoms with Gasteiger partial charge in [-0.15, -0.1) is 11.3 Å². The highest BCUT2D eigenvalue weighted by molar-refractivity contribution is 7.09. The smallest absolute Gasteiger partial charge is 0.123 e. The van der Waals surface area contributed by atoms with E-state index in [0.717, 1.165) is 17.7 Å². The second kappa shape index (κ2) is 6.23. The van der Waals surface area contributed by atoms with E-state index in [1.807, 2.05) is 36.6 Å². The molecule has 1 aromatic carbocycles. The van der Waals surface area contributed by atoms with Gasteiger partial charge in [-0.05, 0) is 48.6 Å². The SMILES string of the molecule is CC(N)Cc1cc(Cl)ccc1OCc1cccs1. The number of hydrogen-bond donors (Lipinski definition) is 1. The van der Waals surface area contributed by atoms with Gasteiger partial charge >= 0.3 is 0 Å². The quantitative estimate of drug-likeness (QED) is 0.903. The molecule has 2 N–H and O–H groups in total. The zero-order valence-corrected chi connectivity index (χ0v) is 11.8. The molecular weight excluding hydrogens is 266 g/mol. The number of rotatable bonds is 5. The van der Waals surface area contributed by atoms with Crippen LogP contribution in [0.1, 0.15) is 17.4 Å². The maximum Gasteiger partial charge on any atom is 0.123 e. The molecule has 1 heterocycles. The third-order valence-corrected chi connectivity index (χ3v) is 3.60. The third-order valence-electron chi connectivity index (χ3n) is 2.51. The summed E-state index contributed by atoms with van der Waals surface area (Å²) in [7, 11) is 0. The minimum absolute atomic E-state index is 0.0903. The van der Waals surface area contributed by atoms with Crippen molar-refractivity contribution in [2.75, 3.05) is 0 Å². The maximum atomic E-state index is 6.01. The van der Waals surface area contributed by atoms with Gasteiger partial charge < -0.3 is 10.5 Å². The minimum atomic E-state index is 0.0903. The normalized spacial score (nSPS) is 12.4. The molecule has 1 atom stereocenters. The molecule has 0 aliphatic heterocycles. The van der Waals surface area contributed by atoms with Crippen molar-refractivity contribution in [1.29, 1.82) is 0 Å². The van der Waals surface area contributed by atoms with Crippen LogP contribution in [0.4, 0.5) is 0 Å². The van der Waals surface area contributed by atoms with Gasteiger partial charge in [-0.3, -0.25) is 0 Å². The van der Waals surface area contributed by atoms with Crippen LogP contribution in [0.2, 0.25) is 5.02 Å². The monoisotopic (exact) mass is 281 g/mol. The van der Waals surface area contributed by atoms with E-state index in [2.05, 4.69) is 6.07 Å². The fourth-order valence-electron chi connectivity index (χ4n) is 1.74. The third kappa shape index (κ3) is 3.73. The largest absolute Gasteiger partial charge is 0.488 e. The fraction of sp³-hybridized carbons (Fsp3) is 0.286. The van der Waals surface area contributed by atoms with Crippen LogP contribution in [0, 0.1) is 0 Å². The molecule has 1 aromatic heterocycles. The van der Waals surface area contributed by atoms with E-state index in [9.17, 15) is 0 Å². The van der Waals surface area contributed by atoms with Gasteiger partial charge in [0.05, 0.1) is 0 Å². The van der Waals surface area contributed by atoms with Crippen LogP contribution >= 0.6 is 22.9 Å². The molecule has 96 valence electrons.